The monoisotopic (exact) mass is 578 g/mol. The molecule has 1 N–H and O–H groups in total. The number of nitrogens with zero attached hydrogens (tertiary/aromatic N) is 5. The zero-order chi connectivity index (χ0) is 30.2. The van der Waals surface area contributed by atoms with Crippen LogP contribution in [0, 0.1) is 6.92 Å². The van der Waals surface area contributed by atoms with Gasteiger partial charge in [-0.25, -0.2) is 14.7 Å². The highest BCUT2D eigenvalue weighted by Gasteiger charge is 2.41. The second-order valence-electron chi connectivity index (χ2n) is 12.0. The van der Waals surface area contributed by atoms with Gasteiger partial charge in [-0.15, -0.1) is 0 Å². The summed E-state index contributed by atoms with van der Waals surface area (Å²) in [5, 5.41) is 8.71. The lowest BCUT2D eigenvalue weighted by atomic mass is 9.91. The second-order valence-corrected chi connectivity index (χ2v) is 12.0. The minimum atomic E-state index is -0.138. The summed E-state index contributed by atoms with van der Waals surface area (Å²) in [7, 11) is 0. The van der Waals surface area contributed by atoms with E-state index in [2.05, 4.69) is 117 Å². The Kier molecular flexibility index (Phi) is 7.34. The minimum Gasteiger partial charge on any atom is -0.337 e. The molecule has 5 aromatic rings. The molecule has 0 aliphatic carbocycles. The van der Waals surface area contributed by atoms with Gasteiger partial charge in [-0.3, -0.25) is 0 Å². The van der Waals surface area contributed by atoms with Crippen LogP contribution in [0.5, 0.6) is 0 Å². The number of aromatic nitrogens is 2. The molecule has 0 amide bonds. The lowest BCUT2D eigenvalue weighted by Gasteiger charge is -2.40. The maximum Gasteiger partial charge on any atom is 0.179 e. The van der Waals surface area contributed by atoms with Gasteiger partial charge in [-0.2, -0.15) is 5.10 Å². The van der Waals surface area contributed by atoms with E-state index in [9.17, 15) is 0 Å². The quantitative estimate of drug-likeness (QED) is 0.209. The van der Waals surface area contributed by atoms with Crippen LogP contribution in [0.1, 0.15) is 73.5 Å². The normalized spacial score (nSPS) is 15.3. The van der Waals surface area contributed by atoms with E-state index in [4.69, 9.17) is 15.1 Å². The first-order chi connectivity index (χ1) is 21.5. The first-order valence-electron chi connectivity index (χ1n) is 15.7. The Hall–Kier alpha value is -4.97. The average molecular weight is 579 g/mol. The Balaban J connectivity index is 1.41. The van der Waals surface area contributed by atoms with Gasteiger partial charge in [0.1, 0.15) is 0 Å². The number of nitrogens with one attached hydrogen (secondary N) is 1. The van der Waals surface area contributed by atoms with E-state index in [-0.39, 0.29) is 6.04 Å². The van der Waals surface area contributed by atoms with E-state index in [0.29, 0.717) is 5.92 Å². The molecule has 44 heavy (non-hydrogen) atoms. The third kappa shape index (κ3) is 5.00. The molecule has 2 aliphatic heterocycles. The SMILES string of the molecule is CCCCc1ccc(NC2=Nc3ccccc3N3C2=Nc2c(c(C)nn2-c2ccccc2)C3c2ccc(C(C)C)cc2)cc1. The summed E-state index contributed by atoms with van der Waals surface area (Å²) >= 11 is 0. The van der Waals surface area contributed by atoms with Crippen LogP contribution in [-0.4, -0.2) is 21.5 Å². The summed E-state index contributed by atoms with van der Waals surface area (Å²) < 4.78 is 1.98. The molecule has 1 atom stereocenters. The molecule has 220 valence electrons. The molecule has 6 heteroatoms. The molecule has 0 fully saturated rings. The maximum atomic E-state index is 5.37. The third-order valence-corrected chi connectivity index (χ3v) is 8.59. The molecular formula is C38H38N6. The van der Waals surface area contributed by atoms with Crippen LogP contribution in [-0.2, 0) is 6.42 Å². The fraction of sp³-hybridized carbons (Fsp3) is 0.237. The lowest BCUT2D eigenvalue weighted by Crippen LogP contribution is -2.46. The fourth-order valence-corrected chi connectivity index (χ4v) is 6.20. The Morgan fingerprint density at radius 1 is 0.818 bits per heavy atom. The maximum absolute atomic E-state index is 5.37. The van der Waals surface area contributed by atoms with Crippen LogP contribution in [0.3, 0.4) is 0 Å². The van der Waals surface area contributed by atoms with E-state index in [1.807, 2.05) is 28.9 Å². The van der Waals surface area contributed by atoms with Gasteiger partial charge < -0.3 is 10.2 Å². The number of fused-ring (bicyclic) bond motifs is 4. The molecule has 6 nitrogen and oxygen atoms in total. The van der Waals surface area contributed by atoms with Crippen molar-refractivity contribution >= 4 is 34.6 Å². The minimum absolute atomic E-state index is 0.138. The molecule has 1 aromatic heterocycles. The predicted octanol–water partition coefficient (Wildman–Crippen LogP) is 9.44. The lowest BCUT2D eigenvalue weighted by molar-refractivity contribution is 0.795. The summed E-state index contributed by atoms with van der Waals surface area (Å²) in [4.78, 5) is 12.9. The number of rotatable bonds is 7. The Morgan fingerprint density at radius 3 is 2.27 bits per heavy atom. The number of benzene rings is 4. The van der Waals surface area contributed by atoms with E-state index in [1.54, 1.807) is 0 Å². The number of hydrogen-bond donors (Lipinski definition) is 1. The smallest absolute Gasteiger partial charge is 0.179 e. The van der Waals surface area contributed by atoms with Gasteiger partial charge in [0.25, 0.3) is 0 Å². The van der Waals surface area contributed by atoms with Gasteiger partial charge in [0, 0.05) is 11.3 Å². The number of anilines is 2. The summed E-state index contributed by atoms with van der Waals surface area (Å²) in [6.45, 7) is 8.79. The van der Waals surface area contributed by atoms with E-state index in [0.717, 1.165) is 57.9 Å². The average Bonchev–Trinajstić information content (AvgIpc) is 3.39. The first kappa shape index (κ1) is 27.8. The number of aryl methyl sites for hydroxylation is 2. The van der Waals surface area contributed by atoms with Crippen molar-refractivity contribution in [3.63, 3.8) is 0 Å². The number of hydrogen-bond acceptors (Lipinski definition) is 5. The van der Waals surface area contributed by atoms with Crippen molar-refractivity contribution in [2.24, 2.45) is 9.98 Å². The molecule has 0 radical (unpaired) electrons. The zero-order valence-electron chi connectivity index (χ0n) is 25.8. The van der Waals surface area contributed by atoms with E-state index >= 15 is 0 Å². The van der Waals surface area contributed by atoms with Crippen molar-refractivity contribution < 1.29 is 0 Å². The molecule has 7 rings (SSSR count). The predicted molar refractivity (Wildman–Crippen MR) is 182 cm³/mol. The molecule has 0 saturated carbocycles. The molecule has 0 spiro atoms. The topological polar surface area (TPSA) is 57.8 Å². The molecule has 3 heterocycles. The van der Waals surface area contributed by atoms with Crippen molar-refractivity contribution in [2.75, 3.05) is 10.2 Å². The summed E-state index contributed by atoms with van der Waals surface area (Å²) in [6.07, 6.45) is 3.47. The van der Waals surface area contributed by atoms with Gasteiger partial charge in [0.15, 0.2) is 17.5 Å². The zero-order valence-corrected chi connectivity index (χ0v) is 25.8. The van der Waals surface area contributed by atoms with Gasteiger partial charge >= 0.3 is 0 Å². The van der Waals surface area contributed by atoms with E-state index < -0.39 is 0 Å². The molecular weight excluding hydrogens is 540 g/mol. The van der Waals surface area contributed by atoms with Gasteiger partial charge in [-0.05, 0) is 78.8 Å². The number of amidine groups is 2. The van der Waals surface area contributed by atoms with Crippen molar-refractivity contribution in [3.8, 4) is 5.69 Å². The van der Waals surface area contributed by atoms with Crippen LogP contribution in [0.2, 0.25) is 0 Å². The third-order valence-electron chi connectivity index (χ3n) is 8.59. The largest absolute Gasteiger partial charge is 0.337 e. The Labute approximate surface area is 259 Å². The van der Waals surface area contributed by atoms with Crippen molar-refractivity contribution in [2.45, 2.75) is 58.9 Å². The van der Waals surface area contributed by atoms with Gasteiger partial charge in [0.05, 0.1) is 28.8 Å². The fourth-order valence-electron chi connectivity index (χ4n) is 6.20. The molecule has 0 saturated heterocycles. The van der Waals surface area contributed by atoms with E-state index in [1.165, 1.54) is 29.5 Å². The summed E-state index contributed by atoms with van der Waals surface area (Å²) in [6, 6.07) is 36.2. The van der Waals surface area contributed by atoms with Gasteiger partial charge in [-0.1, -0.05) is 93.9 Å². The number of para-hydroxylation sites is 3. The summed E-state index contributed by atoms with van der Waals surface area (Å²) in [5.41, 5.74) is 9.83. The Bertz CT molecular complexity index is 1850. The molecule has 0 bridgehead atoms. The van der Waals surface area contributed by atoms with Crippen LogP contribution in [0.15, 0.2) is 113 Å². The molecule has 4 aromatic carbocycles. The summed E-state index contributed by atoms with van der Waals surface area (Å²) in [5.74, 6) is 2.79. The second kappa shape index (κ2) is 11.6. The van der Waals surface area contributed by atoms with Crippen molar-refractivity contribution in [1.82, 2.24) is 9.78 Å². The van der Waals surface area contributed by atoms with Crippen LogP contribution >= 0.6 is 0 Å². The highest BCUT2D eigenvalue weighted by molar-refractivity contribution is 6.51. The standard InChI is InChI=1S/C38H38N6/c1-5-6-12-27-17-23-30(24-18-27)39-36-38-41-37-34(26(4)42-44(37)31-13-8-7-9-14-31)35(29-21-19-28(20-22-29)25(2)3)43(38)33-16-11-10-15-32(33)40-36/h7-11,13-25,35H,5-6,12H2,1-4H3,(H,39,40). The van der Waals surface area contributed by atoms with Crippen molar-refractivity contribution in [1.29, 1.82) is 0 Å². The Morgan fingerprint density at radius 2 is 1.55 bits per heavy atom. The molecule has 1 unspecified atom stereocenters. The highest BCUT2D eigenvalue weighted by Crippen LogP contribution is 2.48. The first-order valence-corrected chi connectivity index (χ1v) is 15.7. The van der Waals surface area contributed by atoms with Crippen LogP contribution in [0.4, 0.5) is 22.9 Å². The highest BCUT2D eigenvalue weighted by atomic mass is 15.4. The van der Waals surface area contributed by atoms with Crippen molar-refractivity contribution in [3.05, 3.63) is 131 Å². The number of aliphatic imine (C=N–C) groups is 2. The number of unbranched alkanes of at least 4 members (excludes halogenated alkanes) is 1. The van der Waals surface area contributed by atoms with Crippen LogP contribution in [0.25, 0.3) is 5.69 Å². The molecule has 2 aliphatic rings. The van der Waals surface area contributed by atoms with Gasteiger partial charge in [0.2, 0.25) is 0 Å². The van der Waals surface area contributed by atoms with Crippen LogP contribution < -0.4 is 10.2 Å².